The van der Waals surface area contributed by atoms with Gasteiger partial charge in [-0.3, -0.25) is 5.10 Å². The molecule has 24 heavy (non-hydrogen) atoms. The smallest absolute Gasteiger partial charge is 0.315 e. The first-order valence-corrected chi connectivity index (χ1v) is 8.01. The number of nitrogens with zero attached hydrogens (tertiary/aromatic N) is 1. The van der Waals surface area contributed by atoms with Crippen molar-refractivity contribution < 1.29 is 13.9 Å². The van der Waals surface area contributed by atoms with Gasteiger partial charge in [-0.2, -0.15) is 5.10 Å². The number of hydrogen-bond acceptors (Lipinski definition) is 3. The molecule has 7 heteroatoms. The summed E-state index contributed by atoms with van der Waals surface area (Å²) < 4.78 is 18.8. The average molecular weight is 332 g/mol. The molecule has 3 rings (SSSR count). The van der Waals surface area contributed by atoms with E-state index in [9.17, 15) is 9.18 Å². The molecule has 1 aromatic heterocycles. The maximum Gasteiger partial charge on any atom is 0.315 e. The molecule has 128 valence electrons. The highest BCUT2D eigenvalue weighted by molar-refractivity contribution is 5.73. The van der Waals surface area contributed by atoms with Crippen molar-refractivity contribution in [2.24, 2.45) is 5.92 Å². The Labute approximate surface area is 139 Å². The van der Waals surface area contributed by atoms with Crippen LogP contribution in [0.1, 0.15) is 29.3 Å². The van der Waals surface area contributed by atoms with Gasteiger partial charge in [0.15, 0.2) is 0 Å². The minimum Gasteiger partial charge on any atom is -0.373 e. The predicted molar refractivity (Wildman–Crippen MR) is 86.8 cm³/mol. The number of carbonyl (C=O) groups excluding carboxylic acids is 1. The van der Waals surface area contributed by atoms with Crippen LogP contribution in [0.2, 0.25) is 0 Å². The van der Waals surface area contributed by atoms with Crippen LogP contribution in [0.25, 0.3) is 0 Å². The normalized spacial score (nSPS) is 20.1. The standard InChI is InChI=1S/C17H21FN4O2/c1-11-14(10-21-22-11)9-20-17(23)19-8-13-6-7-24-16(13)12-2-4-15(18)5-3-12/h2-5,10,13,16H,6-9H2,1H3,(H,21,22)(H2,19,20,23)/t13-,16-/m0/s1. The Morgan fingerprint density at radius 2 is 2.17 bits per heavy atom. The van der Waals surface area contributed by atoms with Crippen molar-refractivity contribution in [2.75, 3.05) is 13.2 Å². The molecule has 0 unspecified atom stereocenters. The van der Waals surface area contributed by atoms with E-state index < -0.39 is 0 Å². The monoisotopic (exact) mass is 332 g/mol. The van der Waals surface area contributed by atoms with Gasteiger partial charge in [0.1, 0.15) is 5.82 Å². The number of aromatic nitrogens is 2. The SMILES string of the molecule is Cc1[nH]ncc1CNC(=O)NC[C@@H]1CCO[C@H]1c1ccc(F)cc1. The second-order valence-electron chi connectivity index (χ2n) is 5.98. The third-order valence-corrected chi connectivity index (χ3v) is 4.31. The highest BCUT2D eigenvalue weighted by atomic mass is 19.1. The van der Waals surface area contributed by atoms with Crippen molar-refractivity contribution >= 4 is 6.03 Å². The summed E-state index contributed by atoms with van der Waals surface area (Å²) in [7, 11) is 0. The molecule has 1 aliphatic heterocycles. The van der Waals surface area contributed by atoms with Gasteiger partial charge in [-0.05, 0) is 31.0 Å². The summed E-state index contributed by atoms with van der Waals surface area (Å²) in [6, 6.07) is 6.11. The molecule has 2 heterocycles. The van der Waals surface area contributed by atoms with Crippen molar-refractivity contribution in [2.45, 2.75) is 26.0 Å². The molecular formula is C17H21FN4O2. The summed E-state index contributed by atoms with van der Waals surface area (Å²) in [6.07, 6.45) is 2.45. The lowest BCUT2D eigenvalue weighted by Crippen LogP contribution is -2.38. The molecule has 1 fully saturated rings. The third-order valence-electron chi connectivity index (χ3n) is 4.31. The zero-order valence-electron chi connectivity index (χ0n) is 13.5. The van der Waals surface area contributed by atoms with Crippen molar-refractivity contribution in [1.29, 1.82) is 0 Å². The molecule has 0 aliphatic carbocycles. The molecule has 0 spiro atoms. The number of carbonyl (C=O) groups is 1. The lowest BCUT2D eigenvalue weighted by molar-refractivity contribution is 0.0909. The fourth-order valence-electron chi connectivity index (χ4n) is 2.88. The van der Waals surface area contributed by atoms with E-state index in [0.717, 1.165) is 23.2 Å². The molecule has 0 saturated carbocycles. The number of halogens is 1. The van der Waals surface area contributed by atoms with Crippen LogP contribution in [-0.2, 0) is 11.3 Å². The van der Waals surface area contributed by atoms with Crippen molar-refractivity contribution in [3.05, 3.63) is 53.1 Å². The molecule has 2 atom stereocenters. The summed E-state index contributed by atoms with van der Waals surface area (Å²) in [4.78, 5) is 12.0. The highest BCUT2D eigenvalue weighted by Crippen LogP contribution is 2.34. The first-order valence-electron chi connectivity index (χ1n) is 8.01. The van der Waals surface area contributed by atoms with Gasteiger partial charge in [-0.25, -0.2) is 9.18 Å². The van der Waals surface area contributed by atoms with E-state index in [1.165, 1.54) is 12.1 Å². The van der Waals surface area contributed by atoms with Gasteiger partial charge >= 0.3 is 6.03 Å². The van der Waals surface area contributed by atoms with Gasteiger partial charge in [0, 0.05) is 36.9 Å². The quantitative estimate of drug-likeness (QED) is 0.787. The van der Waals surface area contributed by atoms with E-state index >= 15 is 0 Å². The highest BCUT2D eigenvalue weighted by Gasteiger charge is 2.29. The van der Waals surface area contributed by atoms with Gasteiger partial charge < -0.3 is 15.4 Å². The zero-order valence-corrected chi connectivity index (χ0v) is 13.5. The van der Waals surface area contributed by atoms with Gasteiger partial charge in [0.05, 0.1) is 12.3 Å². The van der Waals surface area contributed by atoms with E-state index in [1.807, 2.05) is 6.92 Å². The van der Waals surface area contributed by atoms with Crippen LogP contribution in [0.3, 0.4) is 0 Å². The Hall–Kier alpha value is -2.41. The summed E-state index contributed by atoms with van der Waals surface area (Å²) >= 11 is 0. The van der Waals surface area contributed by atoms with Crippen LogP contribution < -0.4 is 10.6 Å². The minimum absolute atomic E-state index is 0.109. The molecule has 2 amide bonds. The number of rotatable bonds is 5. The number of ether oxygens (including phenoxy) is 1. The molecule has 6 nitrogen and oxygen atoms in total. The van der Waals surface area contributed by atoms with Crippen molar-refractivity contribution in [3.8, 4) is 0 Å². The first kappa shape index (κ1) is 16.4. The Morgan fingerprint density at radius 3 is 2.88 bits per heavy atom. The Balaban J connectivity index is 1.49. The van der Waals surface area contributed by atoms with E-state index in [0.29, 0.717) is 19.7 Å². The summed E-state index contributed by atoms with van der Waals surface area (Å²) in [5, 5.41) is 12.4. The molecule has 1 aromatic carbocycles. The number of amides is 2. The van der Waals surface area contributed by atoms with Gasteiger partial charge in [0.25, 0.3) is 0 Å². The second-order valence-corrected chi connectivity index (χ2v) is 5.98. The number of nitrogens with one attached hydrogen (secondary N) is 3. The molecule has 1 saturated heterocycles. The minimum atomic E-state index is -0.264. The average Bonchev–Trinajstić information content (AvgIpc) is 3.20. The van der Waals surface area contributed by atoms with E-state index in [1.54, 1.807) is 18.3 Å². The van der Waals surface area contributed by atoms with E-state index in [2.05, 4.69) is 20.8 Å². The Bertz CT molecular complexity index is 686. The van der Waals surface area contributed by atoms with E-state index in [-0.39, 0.29) is 23.9 Å². The van der Waals surface area contributed by atoms with Gasteiger partial charge in [-0.15, -0.1) is 0 Å². The Kier molecular flexibility index (Phi) is 5.10. The van der Waals surface area contributed by atoms with E-state index in [4.69, 9.17) is 4.74 Å². The predicted octanol–water partition coefficient (Wildman–Crippen LogP) is 2.43. The second kappa shape index (κ2) is 7.44. The largest absolute Gasteiger partial charge is 0.373 e. The third kappa shape index (κ3) is 3.91. The number of benzene rings is 1. The molecule has 1 aliphatic rings. The van der Waals surface area contributed by atoms with Crippen LogP contribution >= 0.6 is 0 Å². The molecule has 0 radical (unpaired) electrons. The molecule has 0 bridgehead atoms. The van der Waals surface area contributed by atoms with Crippen molar-refractivity contribution in [1.82, 2.24) is 20.8 Å². The van der Waals surface area contributed by atoms with Crippen LogP contribution in [-0.4, -0.2) is 29.4 Å². The fraction of sp³-hybridized carbons (Fsp3) is 0.412. The summed E-state index contributed by atoms with van der Waals surface area (Å²) in [5.41, 5.74) is 2.84. The summed E-state index contributed by atoms with van der Waals surface area (Å²) in [6.45, 7) is 3.49. The number of urea groups is 1. The lowest BCUT2D eigenvalue weighted by atomic mass is 9.95. The molecule has 3 N–H and O–H groups in total. The van der Waals surface area contributed by atoms with Crippen LogP contribution in [0.4, 0.5) is 9.18 Å². The lowest BCUT2D eigenvalue weighted by Gasteiger charge is -2.19. The maximum atomic E-state index is 13.0. The topological polar surface area (TPSA) is 79.0 Å². The van der Waals surface area contributed by atoms with Crippen molar-refractivity contribution in [3.63, 3.8) is 0 Å². The van der Waals surface area contributed by atoms with Crippen LogP contribution in [0, 0.1) is 18.7 Å². The Morgan fingerprint density at radius 1 is 1.38 bits per heavy atom. The van der Waals surface area contributed by atoms with Gasteiger partial charge in [-0.1, -0.05) is 12.1 Å². The number of hydrogen-bond donors (Lipinski definition) is 3. The number of aromatic amines is 1. The number of H-pyrrole nitrogens is 1. The fourth-order valence-corrected chi connectivity index (χ4v) is 2.88. The van der Waals surface area contributed by atoms with Gasteiger partial charge in [0.2, 0.25) is 0 Å². The summed E-state index contributed by atoms with van der Waals surface area (Å²) in [5.74, 6) is -0.0859. The molecule has 2 aromatic rings. The van der Waals surface area contributed by atoms with Crippen LogP contribution in [0.5, 0.6) is 0 Å². The zero-order chi connectivity index (χ0) is 16.9. The van der Waals surface area contributed by atoms with Crippen LogP contribution in [0.15, 0.2) is 30.5 Å². The maximum absolute atomic E-state index is 13.0. The first-order chi connectivity index (χ1) is 11.6. The molecular weight excluding hydrogens is 311 g/mol. The number of aryl methyl sites for hydroxylation is 1.